The number of halogens is 2. The fraction of sp³-hybridized carbons (Fsp3) is 0.571. The van der Waals surface area contributed by atoms with Gasteiger partial charge >= 0.3 is 0 Å². The third kappa shape index (κ3) is 3.15. The highest BCUT2D eigenvalue weighted by Crippen LogP contribution is 2.34. The normalized spacial score (nSPS) is 12.1. The summed E-state index contributed by atoms with van der Waals surface area (Å²) in [6.45, 7) is 6.49. The summed E-state index contributed by atoms with van der Waals surface area (Å²) in [4.78, 5) is 0. The summed E-state index contributed by atoms with van der Waals surface area (Å²) >= 11 is 12.2. The Morgan fingerprint density at radius 1 is 1.06 bits per heavy atom. The Bertz CT molecular complexity index is 310. The quantitative estimate of drug-likeness (QED) is 0.675. The molecule has 1 aromatic carbocycles. The highest BCUT2D eigenvalue weighted by molar-refractivity contribution is 6.21. The standard InChI is InChI=1S/C14H20Cl2/c1-11(2)14(9-15,10-16)8-13-6-4-12(3)5-7-13/h4-7,11H,8-10H2,1-3H3. The zero-order valence-corrected chi connectivity index (χ0v) is 11.8. The van der Waals surface area contributed by atoms with Gasteiger partial charge in [-0.3, -0.25) is 0 Å². The number of rotatable bonds is 5. The van der Waals surface area contributed by atoms with Crippen LogP contribution in [0, 0.1) is 18.3 Å². The maximum absolute atomic E-state index is 6.12. The smallest absolute Gasteiger partial charge is 0.0297 e. The molecule has 0 heterocycles. The van der Waals surface area contributed by atoms with E-state index in [1.807, 2.05) is 0 Å². The van der Waals surface area contributed by atoms with E-state index in [2.05, 4.69) is 45.0 Å². The Morgan fingerprint density at radius 2 is 1.56 bits per heavy atom. The summed E-state index contributed by atoms with van der Waals surface area (Å²) in [6.07, 6.45) is 0.956. The molecule has 0 aliphatic carbocycles. The molecule has 0 saturated heterocycles. The van der Waals surface area contributed by atoms with Crippen molar-refractivity contribution >= 4 is 23.2 Å². The van der Waals surface area contributed by atoms with Crippen molar-refractivity contribution in [3.63, 3.8) is 0 Å². The molecule has 0 atom stereocenters. The lowest BCUT2D eigenvalue weighted by molar-refractivity contribution is 0.259. The van der Waals surface area contributed by atoms with Crippen LogP contribution in [0.3, 0.4) is 0 Å². The lowest BCUT2D eigenvalue weighted by atomic mass is 9.76. The van der Waals surface area contributed by atoms with Crippen LogP contribution in [0.2, 0.25) is 0 Å². The first-order valence-corrected chi connectivity index (χ1v) is 6.78. The molecule has 0 fully saturated rings. The van der Waals surface area contributed by atoms with Crippen LogP contribution in [-0.4, -0.2) is 11.8 Å². The van der Waals surface area contributed by atoms with Crippen molar-refractivity contribution in [3.8, 4) is 0 Å². The molecular formula is C14H20Cl2. The molecular weight excluding hydrogens is 239 g/mol. The second-order valence-electron chi connectivity index (χ2n) is 4.95. The molecule has 2 heteroatoms. The van der Waals surface area contributed by atoms with Gasteiger partial charge in [-0.1, -0.05) is 43.7 Å². The van der Waals surface area contributed by atoms with E-state index in [-0.39, 0.29) is 5.41 Å². The van der Waals surface area contributed by atoms with E-state index in [1.54, 1.807) is 0 Å². The minimum Gasteiger partial charge on any atom is -0.126 e. The average molecular weight is 259 g/mol. The molecule has 0 nitrogen and oxygen atoms in total. The monoisotopic (exact) mass is 258 g/mol. The van der Waals surface area contributed by atoms with Crippen molar-refractivity contribution in [2.45, 2.75) is 27.2 Å². The van der Waals surface area contributed by atoms with Crippen LogP contribution < -0.4 is 0 Å². The van der Waals surface area contributed by atoms with Crippen molar-refractivity contribution in [2.75, 3.05) is 11.8 Å². The number of aryl methyl sites for hydroxylation is 1. The molecule has 0 saturated carbocycles. The van der Waals surface area contributed by atoms with Crippen molar-refractivity contribution in [3.05, 3.63) is 35.4 Å². The van der Waals surface area contributed by atoms with Gasteiger partial charge in [-0.15, -0.1) is 23.2 Å². The SMILES string of the molecule is Cc1ccc(CC(CCl)(CCl)C(C)C)cc1. The van der Waals surface area contributed by atoms with Crippen LogP contribution in [0.1, 0.15) is 25.0 Å². The number of alkyl halides is 2. The molecule has 0 radical (unpaired) electrons. The number of hydrogen-bond donors (Lipinski definition) is 0. The van der Waals surface area contributed by atoms with Crippen LogP contribution in [0.5, 0.6) is 0 Å². The Kier molecular flexibility index (Phi) is 5.14. The summed E-state index contributed by atoms with van der Waals surface area (Å²) in [5, 5.41) is 0. The predicted octanol–water partition coefficient (Wildman–Crippen LogP) is 4.66. The first kappa shape index (κ1) is 13.9. The molecule has 0 amide bonds. The van der Waals surface area contributed by atoms with Gasteiger partial charge in [-0.2, -0.15) is 0 Å². The van der Waals surface area contributed by atoms with Gasteiger partial charge in [0.1, 0.15) is 0 Å². The minimum atomic E-state index is 0.0123. The van der Waals surface area contributed by atoms with Crippen LogP contribution in [0.15, 0.2) is 24.3 Å². The second-order valence-corrected chi connectivity index (χ2v) is 5.48. The number of benzene rings is 1. The Balaban J connectivity index is 2.87. The zero-order chi connectivity index (χ0) is 12.2. The summed E-state index contributed by atoms with van der Waals surface area (Å²) in [5.74, 6) is 1.72. The fourth-order valence-corrected chi connectivity index (χ4v) is 2.85. The number of hydrogen-bond acceptors (Lipinski definition) is 0. The molecule has 0 unspecified atom stereocenters. The minimum absolute atomic E-state index is 0.0123. The van der Waals surface area contributed by atoms with Gasteiger partial charge in [0.2, 0.25) is 0 Å². The first-order chi connectivity index (χ1) is 7.54. The third-order valence-electron chi connectivity index (χ3n) is 3.43. The topological polar surface area (TPSA) is 0 Å². The molecule has 0 spiro atoms. The van der Waals surface area contributed by atoms with E-state index in [1.165, 1.54) is 11.1 Å². The molecule has 0 bridgehead atoms. The highest BCUT2D eigenvalue weighted by Gasteiger charge is 2.32. The summed E-state index contributed by atoms with van der Waals surface area (Å²) in [7, 11) is 0. The lowest BCUT2D eigenvalue weighted by Crippen LogP contribution is -2.34. The largest absolute Gasteiger partial charge is 0.126 e. The molecule has 1 aromatic rings. The van der Waals surface area contributed by atoms with Crippen LogP contribution in [0.25, 0.3) is 0 Å². The van der Waals surface area contributed by atoms with Crippen molar-refractivity contribution < 1.29 is 0 Å². The fourth-order valence-electron chi connectivity index (χ4n) is 1.76. The van der Waals surface area contributed by atoms with Gasteiger partial charge in [0, 0.05) is 17.2 Å². The van der Waals surface area contributed by atoms with Gasteiger partial charge in [-0.05, 0) is 24.8 Å². The maximum atomic E-state index is 6.12. The van der Waals surface area contributed by atoms with Gasteiger partial charge < -0.3 is 0 Å². The molecule has 90 valence electrons. The average Bonchev–Trinajstić information content (AvgIpc) is 2.28. The van der Waals surface area contributed by atoms with Crippen molar-refractivity contribution in [1.82, 2.24) is 0 Å². The summed E-state index contributed by atoms with van der Waals surface area (Å²) < 4.78 is 0. The molecule has 1 rings (SSSR count). The van der Waals surface area contributed by atoms with E-state index in [4.69, 9.17) is 23.2 Å². The van der Waals surface area contributed by atoms with E-state index in [0.29, 0.717) is 17.7 Å². The zero-order valence-electron chi connectivity index (χ0n) is 10.3. The van der Waals surface area contributed by atoms with E-state index in [9.17, 15) is 0 Å². The van der Waals surface area contributed by atoms with Gasteiger partial charge in [0.25, 0.3) is 0 Å². The first-order valence-electron chi connectivity index (χ1n) is 5.71. The molecule has 0 aromatic heterocycles. The Hall–Kier alpha value is -0.200. The van der Waals surface area contributed by atoms with E-state index in [0.717, 1.165) is 6.42 Å². The summed E-state index contributed by atoms with van der Waals surface area (Å²) in [5.41, 5.74) is 2.62. The Labute approximate surface area is 109 Å². The lowest BCUT2D eigenvalue weighted by Gasteiger charge is -2.34. The third-order valence-corrected chi connectivity index (χ3v) is 4.50. The van der Waals surface area contributed by atoms with Crippen LogP contribution in [-0.2, 0) is 6.42 Å². The second kappa shape index (κ2) is 5.93. The van der Waals surface area contributed by atoms with Crippen molar-refractivity contribution in [2.24, 2.45) is 11.3 Å². The molecule has 16 heavy (non-hydrogen) atoms. The Morgan fingerprint density at radius 3 is 1.94 bits per heavy atom. The molecule has 0 aliphatic heterocycles. The molecule has 0 N–H and O–H groups in total. The highest BCUT2D eigenvalue weighted by atomic mass is 35.5. The predicted molar refractivity (Wildman–Crippen MR) is 73.6 cm³/mol. The van der Waals surface area contributed by atoms with Crippen LogP contribution in [0.4, 0.5) is 0 Å². The maximum Gasteiger partial charge on any atom is 0.0297 e. The van der Waals surface area contributed by atoms with Crippen LogP contribution >= 0.6 is 23.2 Å². The van der Waals surface area contributed by atoms with Gasteiger partial charge in [-0.25, -0.2) is 0 Å². The van der Waals surface area contributed by atoms with E-state index < -0.39 is 0 Å². The van der Waals surface area contributed by atoms with Crippen molar-refractivity contribution in [1.29, 1.82) is 0 Å². The molecule has 0 aliphatic rings. The summed E-state index contributed by atoms with van der Waals surface area (Å²) in [6, 6.07) is 8.63. The van der Waals surface area contributed by atoms with Gasteiger partial charge in [0.15, 0.2) is 0 Å². The van der Waals surface area contributed by atoms with E-state index >= 15 is 0 Å². The van der Waals surface area contributed by atoms with Gasteiger partial charge in [0.05, 0.1) is 0 Å².